The van der Waals surface area contributed by atoms with Gasteiger partial charge in [0.25, 0.3) is 0 Å². The first-order valence-electron chi connectivity index (χ1n) is 8.87. The molecule has 160 valence electrons. The van der Waals surface area contributed by atoms with E-state index in [4.69, 9.17) is 14.2 Å². The second-order valence-electron chi connectivity index (χ2n) is 6.02. The number of methoxy groups -OCH3 is 2. The van der Waals surface area contributed by atoms with Crippen molar-refractivity contribution in [2.45, 2.75) is 17.5 Å². The van der Waals surface area contributed by atoms with Crippen LogP contribution in [0.2, 0.25) is 0 Å². The lowest BCUT2D eigenvalue weighted by molar-refractivity contribution is -0.140. The molecule has 1 aliphatic rings. The molecule has 1 aromatic rings. The molecule has 0 radical (unpaired) electrons. The molecule has 1 fully saturated rings. The third-order valence-electron chi connectivity index (χ3n) is 4.17. The van der Waals surface area contributed by atoms with E-state index in [1.54, 1.807) is 0 Å². The van der Waals surface area contributed by atoms with Crippen LogP contribution in [-0.4, -0.2) is 71.2 Å². The van der Waals surface area contributed by atoms with Gasteiger partial charge in [-0.05, 0) is 18.6 Å². The molecular formula is C18H25N3O7S. The molecule has 1 atom stereocenters. The molecule has 11 heteroatoms. The van der Waals surface area contributed by atoms with E-state index in [0.29, 0.717) is 18.8 Å². The van der Waals surface area contributed by atoms with Crippen LogP contribution < -0.4 is 20.1 Å². The molecule has 10 nitrogen and oxygen atoms in total. The summed E-state index contributed by atoms with van der Waals surface area (Å²) in [7, 11) is -1.08. The Kier molecular flexibility index (Phi) is 8.00. The predicted molar refractivity (Wildman–Crippen MR) is 104 cm³/mol. The number of rotatable bonds is 8. The molecule has 1 aromatic carbocycles. The van der Waals surface area contributed by atoms with Crippen molar-refractivity contribution in [1.82, 2.24) is 14.9 Å². The number of amides is 2. The van der Waals surface area contributed by atoms with Crippen LogP contribution in [-0.2, 0) is 24.3 Å². The van der Waals surface area contributed by atoms with Crippen molar-refractivity contribution >= 4 is 21.8 Å². The molecule has 0 saturated carbocycles. The van der Waals surface area contributed by atoms with Crippen LogP contribution in [0.5, 0.6) is 11.5 Å². The fourth-order valence-corrected chi connectivity index (χ4v) is 4.30. The van der Waals surface area contributed by atoms with E-state index in [-0.39, 0.29) is 30.3 Å². The minimum atomic E-state index is -3.94. The van der Waals surface area contributed by atoms with Crippen LogP contribution in [0.1, 0.15) is 6.42 Å². The number of hydrogen-bond acceptors (Lipinski definition) is 7. The van der Waals surface area contributed by atoms with Crippen LogP contribution in [0, 0.1) is 0 Å². The number of carbonyl (C=O) groups is 2. The van der Waals surface area contributed by atoms with Gasteiger partial charge in [0.1, 0.15) is 6.23 Å². The number of benzene rings is 1. The smallest absolute Gasteiger partial charge is 0.309 e. The van der Waals surface area contributed by atoms with Gasteiger partial charge in [-0.2, -0.15) is 4.31 Å². The highest BCUT2D eigenvalue weighted by molar-refractivity contribution is 7.89. The average molecular weight is 427 g/mol. The Morgan fingerprint density at radius 3 is 2.59 bits per heavy atom. The molecule has 0 bridgehead atoms. The highest BCUT2D eigenvalue weighted by atomic mass is 32.2. The molecule has 0 spiro atoms. The molecule has 0 aromatic heterocycles. The first kappa shape index (κ1) is 22.7. The molecule has 0 aliphatic carbocycles. The molecule has 2 amide bonds. The van der Waals surface area contributed by atoms with E-state index >= 15 is 0 Å². The number of hydrogen-bond donors (Lipinski definition) is 2. The Morgan fingerprint density at radius 2 is 1.93 bits per heavy atom. The maximum atomic E-state index is 13.1. The Morgan fingerprint density at radius 1 is 1.24 bits per heavy atom. The second-order valence-corrected chi connectivity index (χ2v) is 7.91. The normalized spacial score (nSPS) is 17.2. The number of sulfonamides is 1. The third-order valence-corrected chi connectivity index (χ3v) is 6.05. The second kappa shape index (κ2) is 10.2. The van der Waals surface area contributed by atoms with Gasteiger partial charge < -0.3 is 24.8 Å². The van der Waals surface area contributed by atoms with Gasteiger partial charge in [-0.25, -0.2) is 8.42 Å². The lowest BCUT2D eigenvalue weighted by Gasteiger charge is -2.34. The molecular weight excluding hydrogens is 402 g/mol. The number of carbonyl (C=O) groups excluding carboxylic acids is 2. The van der Waals surface area contributed by atoms with Crippen LogP contribution in [0.15, 0.2) is 35.7 Å². The van der Waals surface area contributed by atoms with Gasteiger partial charge in [0.2, 0.25) is 10.0 Å². The van der Waals surface area contributed by atoms with Crippen LogP contribution in [0.3, 0.4) is 0 Å². The molecule has 1 saturated heterocycles. The monoisotopic (exact) mass is 427 g/mol. The average Bonchev–Trinajstić information content (AvgIpc) is 2.75. The first-order chi connectivity index (χ1) is 13.8. The fourth-order valence-electron chi connectivity index (χ4n) is 2.72. The number of nitrogens with one attached hydrogen (secondary N) is 2. The van der Waals surface area contributed by atoms with Crippen LogP contribution in [0.4, 0.5) is 0 Å². The quantitative estimate of drug-likeness (QED) is 0.437. The summed E-state index contributed by atoms with van der Waals surface area (Å²) >= 11 is 0. The summed E-state index contributed by atoms with van der Waals surface area (Å²) < 4.78 is 43.3. The Labute approximate surface area is 169 Å². The molecule has 29 heavy (non-hydrogen) atoms. The van der Waals surface area contributed by atoms with Crippen molar-refractivity contribution in [3.63, 3.8) is 0 Å². The zero-order valence-corrected chi connectivity index (χ0v) is 17.2. The molecule has 1 heterocycles. The minimum absolute atomic E-state index is 0.000651. The topological polar surface area (TPSA) is 123 Å². The van der Waals surface area contributed by atoms with E-state index in [0.717, 1.165) is 4.31 Å². The summed E-state index contributed by atoms with van der Waals surface area (Å²) in [6, 6.07) is 4.27. The van der Waals surface area contributed by atoms with Gasteiger partial charge in [0.15, 0.2) is 11.5 Å². The van der Waals surface area contributed by atoms with Crippen molar-refractivity contribution in [2.75, 3.05) is 40.5 Å². The third kappa shape index (κ3) is 5.46. The van der Waals surface area contributed by atoms with E-state index in [9.17, 15) is 18.0 Å². The van der Waals surface area contributed by atoms with Gasteiger partial charge in [0.05, 0.1) is 32.3 Å². The maximum absolute atomic E-state index is 13.1. The van der Waals surface area contributed by atoms with Crippen LogP contribution in [0.25, 0.3) is 0 Å². The summed E-state index contributed by atoms with van der Waals surface area (Å²) in [6.07, 6.45) is 0.988. The van der Waals surface area contributed by atoms with E-state index in [1.807, 2.05) is 0 Å². The standard InChI is InChI=1S/C18H25N3O7S/c1-4-8-19-17(22)18(23)20-12-16-21(9-5-10-28-16)29(24,25)13-6-7-14(26-2)15(11-13)27-3/h4,6-7,11,16H,1,5,8-10,12H2,2-3H3,(H,19,22)(H,20,23)/t16-/m1/s1. The van der Waals surface area contributed by atoms with E-state index in [2.05, 4.69) is 17.2 Å². The van der Waals surface area contributed by atoms with Gasteiger partial charge in [0, 0.05) is 19.2 Å². The summed E-state index contributed by atoms with van der Waals surface area (Å²) in [6.45, 7) is 3.96. The van der Waals surface area contributed by atoms with Crippen molar-refractivity contribution in [2.24, 2.45) is 0 Å². The fraction of sp³-hybridized carbons (Fsp3) is 0.444. The zero-order valence-electron chi connectivity index (χ0n) is 16.3. The Balaban J connectivity index is 2.16. The van der Waals surface area contributed by atoms with Gasteiger partial charge in [-0.15, -0.1) is 6.58 Å². The largest absolute Gasteiger partial charge is 0.493 e. The van der Waals surface area contributed by atoms with Crippen LogP contribution >= 0.6 is 0 Å². The van der Waals surface area contributed by atoms with Crippen molar-refractivity contribution in [1.29, 1.82) is 0 Å². The Hall–Kier alpha value is -2.63. The lowest BCUT2D eigenvalue weighted by atomic mass is 10.3. The number of nitrogens with zero attached hydrogens (tertiary/aromatic N) is 1. The summed E-state index contributed by atoms with van der Waals surface area (Å²) in [5.41, 5.74) is 0. The zero-order chi connectivity index (χ0) is 21.4. The summed E-state index contributed by atoms with van der Waals surface area (Å²) in [5.74, 6) is -1.05. The molecule has 0 unspecified atom stereocenters. The molecule has 2 N–H and O–H groups in total. The van der Waals surface area contributed by atoms with Gasteiger partial charge >= 0.3 is 11.8 Å². The van der Waals surface area contributed by atoms with E-state index < -0.39 is 28.1 Å². The minimum Gasteiger partial charge on any atom is -0.493 e. The molecule has 2 rings (SSSR count). The summed E-state index contributed by atoms with van der Waals surface area (Å²) in [4.78, 5) is 23.5. The summed E-state index contributed by atoms with van der Waals surface area (Å²) in [5, 5.41) is 4.74. The Bertz CT molecular complexity index is 857. The maximum Gasteiger partial charge on any atom is 0.309 e. The van der Waals surface area contributed by atoms with Gasteiger partial charge in [-0.1, -0.05) is 6.08 Å². The highest BCUT2D eigenvalue weighted by Gasteiger charge is 2.35. The SMILES string of the molecule is C=CCNC(=O)C(=O)NC[C@H]1OCCCN1S(=O)(=O)c1ccc(OC)c(OC)c1. The lowest BCUT2D eigenvalue weighted by Crippen LogP contribution is -2.53. The first-order valence-corrected chi connectivity index (χ1v) is 10.3. The van der Waals surface area contributed by atoms with E-state index in [1.165, 1.54) is 38.5 Å². The highest BCUT2D eigenvalue weighted by Crippen LogP contribution is 2.31. The van der Waals surface area contributed by atoms with Crippen molar-refractivity contribution in [3.8, 4) is 11.5 Å². The predicted octanol–water partition coefficient (Wildman–Crippen LogP) is -0.141. The van der Waals surface area contributed by atoms with Crippen molar-refractivity contribution < 1.29 is 32.2 Å². The molecule has 1 aliphatic heterocycles. The van der Waals surface area contributed by atoms with Gasteiger partial charge in [-0.3, -0.25) is 9.59 Å². The number of ether oxygens (including phenoxy) is 3. The van der Waals surface area contributed by atoms with Crippen molar-refractivity contribution in [3.05, 3.63) is 30.9 Å².